The smallest absolute Gasteiger partial charge is 0.270 e. The number of nitrogens with zero attached hydrogens (tertiary/aromatic N) is 3. The van der Waals surface area contributed by atoms with Gasteiger partial charge in [-0.3, -0.25) is 20.5 Å². The van der Waals surface area contributed by atoms with Crippen LogP contribution in [-0.4, -0.2) is 27.8 Å². The zero-order chi connectivity index (χ0) is 17.4. The number of nitrogens with one attached hydrogen (secondary N) is 2. The number of nitro groups is 1. The van der Waals surface area contributed by atoms with Gasteiger partial charge >= 0.3 is 0 Å². The van der Waals surface area contributed by atoms with Crippen LogP contribution in [0.25, 0.3) is 0 Å². The molecule has 9 heteroatoms. The van der Waals surface area contributed by atoms with Crippen molar-refractivity contribution in [2.45, 2.75) is 6.42 Å². The molecule has 1 aromatic heterocycles. The van der Waals surface area contributed by atoms with Crippen LogP contribution in [-0.2, 0) is 6.42 Å². The minimum atomic E-state index is -0.459. The van der Waals surface area contributed by atoms with E-state index in [4.69, 9.17) is 5.73 Å². The fraction of sp³-hybridized carbons (Fsp3) is 0.133. The summed E-state index contributed by atoms with van der Waals surface area (Å²) in [7, 11) is 0. The van der Waals surface area contributed by atoms with Crippen molar-refractivity contribution in [2.75, 3.05) is 11.9 Å². The predicted octanol–water partition coefficient (Wildman–Crippen LogP) is 1.81. The monoisotopic (exact) mass is 344 g/mol. The van der Waals surface area contributed by atoms with Crippen LogP contribution in [0.2, 0.25) is 0 Å². The Bertz CT molecular complexity index is 751. The Labute approximate surface area is 143 Å². The van der Waals surface area contributed by atoms with E-state index in [1.54, 1.807) is 18.5 Å². The van der Waals surface area contributed by atoms with Crippen molar-refractivity contribution in [1.29, 1.82) is 0 Å². The molecule has 1 heterocycles. The highest BCUT2D eigenvalue weighted by Gasteiger charge is 2.09. The van der Waals surface area contributed by atoms with Crippen molar-refractivity contribution in [3.8, 4) is 0 Å². The number of thiocarbonyl (C=S) groups is 1. The van der Waals surface area contributed by atoms with Crippen LogP contribution in [0.15, 0.2) is 47.8 Å². The van der Waals surface area contributed by atoms with Gasteiger partial charge in [0, 0.05) is 42.3 Å². The largest absolute Gasteiger partial charge is 0.384 e. The van der Waals surface area contributed by atoms with Gasteiger partial charge in [0.05, 0.1) is 11.1 Å². The Kier molecular flexibility index (Phi) is 6.15. The zero-order valence-electron chi connectivity index (χ0n) is 12.7. The van der Waals surface area contributed by atoms with Gasteiger partial charge in [-0.25, -0.2) is 0 Å². The number of hydrogen-bond donors (Lipinski definition) is 3. The maximum absolute atomic E-state index is 10.9. The maximum Gasteiger partial charge on any atom is 0.270 e. The fourth-order valence-corrected chi connectivity index (χ4v) is 2.04. The number of non-ortho nitro benzene ring substituents is 1. The number of aromatic nitrogens is 1. The summed E-state index contributed by atoms with van der Waals surface area (Å²) in [5, 5.41) is 18.0. The number of hydrogen-bond acceptors (Lipinski definition) is 6. The molecule has 0 aliphatic heterocycles. The van der Waals surface area contributed by atoms with E-state index in [2.05, 4.69) is 33.0 Å². The second kappa shape index (κ2) is 8.53. The van der Waals surface area contributed by atoms with E-state index in [0.29, 0.717) is 12.1 Å². The first-order chi connectivity index (χ1) is 11.6. The molecule has 0 saturated carbocycles. The van der Waals surface area contributed by atoms with Gasteiger partial charge < -0.3 is 11.1 Å². The standard InChI is InChI=1S/C15H16N6O2S/c16-15(24)20-19-10-12-9-13(21(22)23)1-2-14(12)18-8-5-11-3-6-17-7-4-11/h1-4,6-7,9-10,18H,5,8H2,(H3,16,20,24)/b19-10+. The third-order valence-electron chi connectivity index (χ3n) is 3.10. The molecule has 0 amide bonds. The molecule has 2 rings (SSSR count). The fourth-order valence-electron chi connectivity index (χ4n) is 1.99. The number of nitrogens with two attached hydrogens (primary N) is 1. The third-order valence-corrected chi connectivity index (χ3v) is 3.19. The SMILES string of the molecule is NC(=S)N/N=C/c1cc([N+](=O)[O-])ccc1NCCc1ccncc1. The topological polar surface area (TPSA) is 118 Å². The van der Waals surface area contributed by atoms with Crippen LogP contribution in [0.4, 0.5) is 11.4 Å². The van der Waals surface area contributed by atoms with Crippen LogP contribution in [0.3, 0.4) is 0 Å². The highest BCUT2D eigenvalue weighted by atomic mass is 32.1. The van der Waals surface area contributed by atoms with Crippen molar-refractivity contribution in [1.82, 2.24) is 10.4 Å². The van der Waals surface area contributed by atoms with E-state index < -0.39 is 4.92 Å². The van der Waals surface area contributed by atoms with E-state index in [1.807, 2.05) is 12.1 Å². The molecule has 0 aliphatic carbocycles. The van der Waals surface area contributed by atoms with Crippen molar-refractivity contribution in [3.05, 3.63) is 64.0 Å². The van der Waals surface area contributed by atoms with E-state index in [-0.39, 0.29) is 10.8 Å². The molecular formula is C15H16N6O2S. The van der Waals surface area contributed by atoms with Gasteiger partial charge in [-0.15, -0.1) is 0 Å². The molecule has 0 saturated heterocycles. The Hall–Kier alpha value is -3.07. The Morgan fingerprint density at radius 1 is 1.38 bits per heavy atom. The lowest BCUT2D eigenvalue weighted by atomic mass is 10.1. The summed E-state index contributed by atoms with van der Waals surface area (Å²) in [5.41, 5.74) is 10.1. The van der Waals surface area contributed by atoms with E-state index in [9.17, 15) is 10.1 Å². The molecule has 0 atom stereocenters. The molecular weight excluding hydrogens is 328 g/mol. The van der Waals surface area contributed by atoms with Gasteiger partial charge in [0.15, 0.2) is 5.11 Å². The first-order valence-electron chi connectivity index (χ1n) is 7.06. The number of hydrazone groups is 1. The van der Waals surface area contributed by atoms with Crippen molar-refractivity contribution in [2.24, 2.45) is 10.8 Å². The van der Waals surface area contributed by atoms with E-state index >= 15 is 0 Å². The Morgan fingerprint density at radius 2 is 2.12 bits per heavy atom. The van der Waals surface area contributed by atoms with Crippen LogP contribution in [0, 0.1) is 10.1 Å². The normalized spacial score (nSPS) is 10.5. The second-order valence-corrected chi connectivity index (χ2v) is 5.23. The molecule has 124 valence electrons. The summed E-state index contributed by atoms with van der Waals surface area (Å²) < 4.78 is 0. The molecule has 1 aromatic carbocycles. The Morgan fingerprint density at radius 3 is 2.79 bits per heavy atom. The summed E-state index contributed by atoms with van der Waals surface area (Å²) >= 11 is 4.66. The van der Waals surface area contributed by atoms with Crippen molar-refractivity contribution < 1.29 is 4.92 Å². The number of rotatable bonds is 7. The van der Waals surface area contributed by atoms with Gasteiger partial charge in [0.2, 0.25) is 0 Å². The van der Waals surface area contributed by atoms with Crippen molar-refractivity contribution >= 4 is 34.9 Å². The molecule has 0 radical (unpaired) electrons. The molecule has 2 aromatic rings. The molecule has 8 nitrogen and oxygen atoms in total. The van der Waals surface area contributed by atoms with Gasteiger partial charge in [-0.2, -0.15) is 5.10 Å². The number of nitro benzene ring substituents is 1. The number of anilines is 1. The molecule has 0 fully saturated rings. The van der Waals surface area contributed by atoms with E-state index in [1.165, 1.54) is 18.3 Å². The Balaban J connectivity index is 2.10. The van der Waals surface area contributed by atoms with Crippen LogP contribution in [0.1, 0.15) is 11.1 Å². The van der Waals surface area contributed by atoms with Gasteiger partial charge in [-0.1, -0.05) is 0 Å². The lowest BCUT2D eigenvalue weighted by Crippen LogP contribution is -2.24. The van der Waals surface area contributed by atoms with Gasteiger partial charge in [0.25, 0.3) is 5.69 Å². The summed E-state index contributed by atoms with van der Waals surface area (Å²) in [4.78, 5) is 14.4. The predicted molar refractivity (Wildman–Crippen MR) is 97.0 cm³/mol. The second-order valence-electron chi connectivity index (χ2n) is 4.80. The van der Waals surface area contributed by atoms with Gasteiger partial charge in [-0.05, 0) is 42.4 Å². The first-order valence-corrected chi connectivity index (χ1v) is 7.47. The number of benzene rings is 1. The average Bonchev–Trinajstić information content (AvgIpc) is 2.56. The molecule has 0 bridgehead atoms. The number of pyridine rings is 1. The van der Waals surface area contributed by atoms with Crippen LogP contribution in [0.5, 0.6) is 0 Å². The molecule has 0 unspecified atom stereocenters. The molecule has 4 N–H and O–H groups in total. The van der Waals surface area contributed by atoms with E-state index in [0.717, 1.165) is 17.7 Å². The van der Waals surface area contributed by atoms with Gasteiger partial charge in [0.1, 0.15) is 0 Å². The lowest BCUT2D eigenvalue weighted by Gasteiger charge is -2.09. The lowest BCUT2D eigenvalue weighted by molar-refractivity contribution is -0.384. The average molecular weight is 344 g/mol. The summed E-state index contributed by atoms with van der Waals surface area (Å²) in [6, 6.07) is 8.39. The molecule has 0 spiro atoms. The summed E-state index contributed by atoms with van der Waals surface area (Å²) in [6.45, 7) is 0.658. The summed E-state index contributed by atoms with van der Waals surface area (Å²) in [6.07, 6.45) is 5.70. The third kappa shape index (κ3) is 5.29. The quantitative estimate of drug-likeness (QED) is 0.303. The molecule has 0 aliphatic rings. The maximum atomic E-state index is 10.9. The van der Waals surface area contributed by atoms with Crippen LogP contribution < -0.4 is 16.5 Å². The van der Waals surface area contributed by atoms with Crippen molar-refractivity contribution in [3.63, 3.8) is 0 Å². The highest BCUT2D eigenvalue weighted by molar-refractivity contribution is 7.80. The molecule has 24 heavy (non-hydrogen) atoms. The minimum Gasteiger partial charge on any atom is -0.384 e. The zero-order valence-corrected chi connectivity index (χ0v) is 13.5. The summed E-state index contributed by atoms with van der Waals surface area (Å²) in [5.74, 6) is 0. The minimum absolute atomic E-state index is 0.0175. The van der Waals surface area contributed by atoms with Crippen LogP contribution >= 0.6 is 12.2 Å². The first kappa shape index (κ1) is 17.3. The highest BCUT2D eigenvalue weighted by Crippen LogP contribution is 2.20.